The third-order valence-electron chi connectivity index (χ3n) is 2.89. The first-order valence-corrected chi connectivity index (χ1v) is 7.57. The first-order chi connectivity index (χ1) is 10.1. The zero-order chi connectivity index (χ0) is 15.2. The lowest BCUT2D eigenvalue weighted by atomic mass is 10.2. The average Bonchev–Trinajstić information content (AvgIpc) is 2.50. The SMILES string of the molecule is C=CCOCC(O)CSc1nc2ccccc2c(=O)n1C. The van der Waals surface area contributed by atoms with Crippen LogP contribution in [0.5, 0.6) is 0 Å². The third-order valence-corrected chi connectivity index (χ3v) is 4.07. The van der Waals surface area contributed by atoms with E-state index in [9.17, 15) is 9.90 Å². The van der Waals surface area contributed by atoms with Gasteiger partial charge in [0.25, 0.3) is 5.56 Å². The normalized spacial score (nSPS) is 12.5. The molecule has 0 saturated carbocycles. The van der Waals surface area contributed by atoms with E-state index in [0.29, 0.717) is 28.4 Å². The summed E-state index contributed by atoms with van der Waals surface area (Å²) in [7, 11) is 1.69. The molecule has 21 heavy (non-hydrogen) atoms. The fraction of sp³-hybridized carbons (Fsp3) is 0.333. The lowest BCUT2D eigenvalue weighted by molar-refractivity contribution is 0.0625. The lowest BCUT2D eigenvalue weighted by Crippen LogP contribution is -2.22. The first-order valence-electron chi connectivity index (χ1n) is 6.58. The highest BCUT2D eigenvalue weighted by Gasteiger charge is 2.11. The minimum atomic E-state index is -0.613. The molecule has 2 aromatic rings. The Hall–Kier alpha value is -1.63. The van der Waals surface area contributed by atoms with Gasteiger partial charge in [-0.2, -0.15) is 0 Å². The van der Waals surface area contributed by atoms with Gasteiger partial charge in [0.1, 0.15) is 0 Å². The van der Waals surface area contributed by atoms with Gasteiger partial charge >= 0.3 is 0 Å². The number of hydrogen-bond acceptors (Lipinski definition) is 5. The van der Waals surface area contributed by atoms with Gasteiger partial charge in [-0.3, -0.25) is 9.36 Å². The standard InChI is InChI=1S/C15H18N2O3S/c1-3-8-20-9-11(18)10-21-15-16-13-7-5-4-6-12(13)14(19)17(15)2/h3-7,11,18H,1,8-10H2,2H3. The summed E-state index contributed by atoms with van der Waals surface area (Å²) in [6.07, 6.45) is 1.02. The highest BCUT2D eigenvalue weighted by atomic mass is 32.2. The monoisotopic (exact) mass is 306 g/mol. The second-order valence-electron chi connectivity index (χ2n) is 4.57. The molecule has 0 aliphatic heterocycles. The van der Waals surface area contributed by atoms with Crippen molar-refractivity contribution in [3.8, 4) is 0 Å². The van der Waals surface area contributed by atoms with E-state index >= 15 is 0 Å². The quantitative estimate of drug-likeness (QED) is 0.364. The van der Waals surface area contributed by atoms with Crippen LogP contribution in [0, 0.1) is 0 Å². The predicted molar refractivity (Wildman–Crippen MR) is 84.7 cm³/mol. The number of aliphatic hydroxyl groups excluding tert-OH is 1. The van der Waals surface area contributed by atoms with E-state index in [-0.39, 0.29) is 12.2 Å². The fourth-order valence-electron chi connectivity index (χ4n) is 1.83. The number of aliphatic hydroxyl groups is 1. The Balaban J connectivity index is 2.10. The molecule has 1 unspecified atom stereocenters. The molecule has 0 radical (unpaired) electrons. The van der Waals surface area contributed by atoms with Gasteiger partial charge in [0.05, 0.1) is 30.2 Å². The van der Waals surface area contributed by atoms with E-state index in [2.05, 4.69) is 11.6 Å². The number of aromatic nitrogens is 2. The first kappa shape index (κ1) is 15.8. The smallest absolute Gasteiger partial charge is 0.261 e. The second-order valence-corrected chi connectivity index (χ2v) is 5.55. The summed E-state index contributed by atoms with van der Waals surface area (Å²) in [5.41, 5.74) is 0.584. The molecule has 0 spiro atoms. The van der Waals surface area contributed by atoms with Gasteiger partial charge in [-0.25, -0.2) is 4.98 Å². The maximum absolute atomic E-state index is 12.2. The van der Waals surface area contributed by atoms with Crippen LogP contribution in [0.25, 0.3) is 10.9 Å². The van der Waals surface area contributed by atoms with Gasteiger partial charge in [-0.15, -0.1) is 6.58 Å². The second kappa shape index (κ2) is 7.40. The molecule has 1 atom stereocenters. The molecule has 1 aromatic carbocycles. The molecule has 0 amide bonds. The van der Waals surface area contributed by atoms with Crippen LogP contribution in [0.15, 0.2) is 46.9 Å². The van der Waals surface area contributed by atoms with Crippen LogP contribution in [-0.4, -0.2) is 39.7 Å². The summed E-state index contributed by atoms with van der Waals surface area (Å²) in [6, 6.07) is 7.24. The molecule has 1 aromatic heterocycles. The molecule has 6 heteroatoms. The minimum absolute atomic E-state index is 0.0829. The van der Waals surface area contributed by atoms with Crippen molar-refractivity contribution in [2.24, 2.45) is 7.05 Å². The average molecular weight is 306 g/mol. The van der Waals surface area contributed by atoms with E-state index in [0.717, 1.165) is 0 Å². The molecule has 0 fully saturated rings. The number of rotatable bonds is 7. The van der Waals surface area contributed by atoms with Crippen LogP contribution in [0.4, 0.5) is 0 Å². The van der Waals surface area contributed by atoms with E-state index in [1.807, 2.05) is 18.2 Å². The largest absolute Gasteiger partial charge is 0.390 e. The van der Waals surface area contributed by atoms with Crippen molar-refractivity contribution in [3.05, 3.63) is 47.3 Å². The predicted octanol–water partition coefficient (Wildman–Crippen LogP) is 1.59. The van der Waals surface area contributed by atoms with Crippen LogP contribution in [0.1, 0.15) is 0 Å². The summed E-state index contributed by atoms with van der Waals surface area (Å²) in [6.45, 7) is 4.19. The number of hydrogen-bond donors (Lipinski definition) is 1. The van der Waals surface area contributed by atoms with Gasteiger partial charge in [0.15, 0.2) is 5.16 Å². The van der Waals surface area contributed by atoms with E-state index in [1.54, 1.807) is 19.2 Å². The van der Waals surface area contributed by atoms with Gasteiger partial charge in [-0.05, 0) is 12.1 Å². The van der Waals surface area contributed by atoms with E-state index in [4.69, 9.17) is 4.74 Å². The Morgan fingerprint density at radius 1 is 1.52 bits per heavy atom. The molecule has 0 bridgehead atoms. The Kier molecular flexibility index (Phi) is 5.55. The maximum atomic E-state index is 12.2. The molecule has 2 rings (SSSR count). The molecule has 5 nitrogen and oxygen atoms in total. The molecule has 1 heterocycles. The number of para-hydroxylation sites is 1. The van der Waals surface area contributed by atoms with Crippen LogP contribution in [-0.2, 0) is 11.8 Å². The molecule has 0 aliphatic carbocycles. The van der Waals surface area contributed by atoms with Crippen molar-refractivity contribution in [3.63, 3.8) is 0 Å². The van der Waals surface area contributed by atoms with Crippen molar-refractivity contribution in [1.82, 2.24) is 9.55 Å². The minimum Gasteiger partial charge on any atom is -0.390 e. The van der Waals surface area contributed by atoms with E-state index in [1.165, 1.54) is 16.3 Å². The molecule has 1 N–H and O–H groups in total. The third kappa shape index (κ3) is 3.93. The molecular weight excluding hydrogens is 288 g/mol. The molecule has 0 aliphatic rings. The molecule has 112 valence electrons. The Labute approximate surface area is 127 Å². The number of ether oxygens (including phenoxy) is 1. The number of nitrogens with zero attached hydrogens (tertiary/aromatic N) is 2. The summed E-state index contributed by atoms with van der Waals surface area (Å²) in [5, 5.41) is 11.0. The maximum Gasteiger partial charge on any atom is 0.261 e. The number of thioether (sulfide) groups is 1. The Morgan fingerprint density at radius 2 is 2.29 bits per heavy atom. The van der Waals surface area contributed by atoms with Crippen LogP contribution in [0.2, 0.25) is 0 Å². The topological polar surface area (TPSA) is 64.3 Å². The van der Waals surface area contributed by atoms with Crippen LogP contribution in [0.3, 0.4) is 0 Å². The van der Waals surface area contributed by atoms with Gasteiger partial charge < -0.3 is 9.84 Å². The van der Waals surface area contributed by atoms with Crippen LogP contribution >= 0.6 is 11.8 Å². The lowest BCUT2D eigenvalue weighted by Gasteiger charge is -2.12. The Morgan fingerprint density at radius 3 is 3.05 bits per heavy atom. The van der Waals surface area contributed by atoms with Crippen molar-refractivity contribution in [1.29, 1.82) is 0 Å². The van der Waals surface area contributed by atoms with Gasteiger partial charge in [0, 0.05) is 12.8 Å². The van der Waals surface area contributed by atoms with Crippen molar-refractivity contribution < 1.29 is 9.84 Å². The summed E-state index contributed by atoms with van der Waals surface area (Å²) < 4.78 is 6.69. The molecule has 0 saturated heterocycles. The number of fused-ring (bicyclic) bond motifs is 1. The van der Waals surface area contributed by atoms with Gasteiger partial charge in [-0.1, -0.05) is 30.0 Å². The molecular formula is C15H18N2O3S. The summed E-state index contributed by atoms with van der Waals surface area (Å²) in [5.74, 6) is 0.412. The summed E-state index contributed by atoms with van der Waals surface area (Å²) >= 11 is 1.34. The van der Waals surface area contributed by atoms with Crippen molar-refractivity contribution >= 4 is 22.7 Å². The fourth-order valence-corrected chi connectivity index (χ4v) is 2.71. The Bertz CT molecular complexity index is 684. The highest BCUT2D eigenvalue weighted by Crippen LogP contribution is 2.17. The van der Waals surface area contributed by atoms with Gasteiger partial charge in [0.2, 0.25) is 0 Å². The zero-order valence-electron chi connectivity index (χ0n) is 11.9. The highest BCUT2D eigenvalue weighted by molar-refractivity contribution is 7.99. The van der Waals surface area contributed by atoms with E-state index < -0.39 is 6.10 Å². The zero-order valence-corrected chi connectivity index (χ0v) is 12.7. The summed E-state index contributed by atoms with van der Waals surface area (Å²) in [4.78, 5) is 16.7. The van der Waals surface area contributed by atoms with Crippen molar-refractivity contribution in [2.75, 3.05) is 19.0 Å². The van der Waals surface area contributed by atoms with Crippen LogP contribution < -0.4 is 5.56 Å². The van der Waals surface area contributed by atoms with Crippen molar-refractivity contribution in [2.45, 2.75) is 11.3 Å². The number of benzene rings is 1.